The zero-order valence-electron chi connectivity index (χ0n) is 16.4. The Morgan fingerprint density at radius 3 is 2.15 bits per heavy atom. The first kappa shape index (κ1) is 20.9. The van der Waals surface area contributed by atoms with Crippen LogP contribution >= 0.6 is 0 Å². The average molecular weight is 391 g/mol. The van der Waals surface area contributed by atoms with E-state index >= 15 is 0 Å². The van der Waals surface area contributed by atoms with Crippen molar-refractivity contribution in [2.45, 2.75) is 32.6 Å². The summed E-state index contributed by atoms with van der Waals surface area (Å²) in [4.78, 5) is 12.8. The Hall–Kier alpha value is -2.38. The lowest BCUT2D eigenvalue weighted by molar-refractivity contribution is 0.102. The van der Waals surface area contributed by atoms with E-state index in [0.29, 0.717) is 30.1 Å². The van der Waals surface area contributed by atoms with Crippen LogP contribution in [0.25, 0.3) is 0 Å². The zero-order valence-corrected chi connectivity index (χ0v) is 17.2. The van der Waals surface area contributed by atoms with E-state index in [4.69, 9.17) is 4.74 Å². The molecule has 0 aromatic heterocycles. The number of sulfonamides is 1. The molecule has 7 heteroatoms. The smallest absolute Gasteiger partial charge is 0.255 e. The summed E-state index contributed by atoms with van der Waals surface area (Å²) < 4.78 is 32.2. The molecule has 0 saturated heterocycles. The SMILES string of the molecule is CCN(CC)S(=O)(=O)c1ccc(OC)c(NC(=O)c2cc(C)cc(C)c2)c1. The Kier molecular flexibility index (Phi) is 6.62. The first-order valence-corrected chi connectivity index (χ1v) is 10.2. The number of hydrogen-bond donors (Lipinski definition) is 1. The molecule has 0 aliphatic carbocycles. The number of nitrogens with one attached hydrogen (secondary N) is 1. The van der Waals surface area contributed by atoms with Crippen molar-refractivity contribution in [3.63, 3.8) is 0 Å². The van der Waals surface area contributed by atoms with Crippen molar-refractivity contribution in [1.82, 2.24) is 4.31 Å². The van der Waals surface area contributed by atoms with Crippen LogP contribution in [-0.4, -0.2) is 38.8 Å². The van der Waals surface area contributed by atoms with Crippen LogP contribution in [0.1, 0.15) is 35.3 Å². The van der Waals surface area contributed by atoms with Crippen LogP contribution in [0.3, 0.4) is 0 Å². The maximum absolute atomic E-state index is 12.8. The van der Waals surface area contributed by atoms with Crippen molar-refractivity contribution in [2.24, 2.45) is 0 Å². The summed E-state index contributed by atoms with van der Waals surface area (Å²) in [5.41, 5.74) is 2.77. The molecule has 27 heavy (non-hydrogen) atoms. The highest BCUT2D eigenvalue weighted by molar-refractivity contribution is 7.89. The van der Waals surface area contributed by atoms with Crippen LogP contribution in [-0.2, 0) is 10.0 Å². The van der Waals surface area contributed by atoms with Gasteiger partial charge < -0.3 is 10.1 Å². The highest BCUT2D eigenvalue weighted by atomic mass is 32.2. The molecule has 0 atom stereocenters. The van der Waals surface area contributed by atoms with Gasteiger partial charge in [0.15, 0.2) is 0 Å². The standard InChI is InChI=1S/C20H26N2O4S/c1-6-22(7-2)27(24,25)17-8-9-19(26-5)18(13-17)21-20(23)16-11-14(3)10-15(4)12-16/h8-13H,6-7H2,1-5H3,(H,21,23). The summed E-state index contributed by atoms with van der Waals surface area (Å²) in [6.45, 7) is 8.15. The van der Waals surface area contributed by atoms with Gasteiger partial charge in [0, 0.05) is 18.7 Å². The number of hydrogen-bond acceptors (Lipinski definition) is 4. The van der Waals surface area contributed by atoms with Gasteiger partial charge in [-0.15, -0.1) is 0 Å². The van der Waals surface area contributed by atoms with Crippen molar-refractivity contribution in [3.05, 3.63) is 53.1 Å². The predicted octanol–water partition coefficient (Wildman–Crippen LogP) is 3.59. The lowest BCUT2D eigenvalue weighted by atomic mass is 10.1. The number of rotatable bonds is 7. The summed E-state index contributed by atoms with van der Waals surface area (Å²) in [6.07, 6.45) is 0. The van der Waals surface area contributed by atoms with E-state index < -0.39 is 10.0 Å². The van der Waals surface area contributed by atoms with Crippen LogP contribution in [0.2, 0.25) is 0 Å². The Morgan fingerprint density at radius 2 is 1.63 bits per heavy atom. The molecule has 6 nitrogen and oxygen atoms in total. The summed E-state index contributed by atoms with van der Waals surface area (Å²) in [5, 5.41) is 2.77. The number of ether oxygens (including phenoxy) is 1. The van der Waals surface area contributed by atoms with E-state index in [2.05, 4.69) is 5.32 Å². The number of nitrogens with zero attached hydrogens (tertiary/aromatic N) is 1. The van der Waals surface area contributed by atoms with Gasteiger partial charge in [0.25, 0.3) is 5.91 Å². The van der Waals surface area contributed by atoms with E-state index in [0.717, 1.165) is 11.1 Å². The summed E-state index contributed by atoms with van der Waals surface area (Å²) in [5.74, 6) is 0.0729. The van der Waals surface area contributed by atoms with Gasteiger partial charge in [-0.2, -0.15) is 4.31 Å². The van der Waals surface area contributed by atoms with Crippen molar-refractivity contribution in [3.8, 4) is 5.75 Å². The van der Waals surface area contributed by atoms with Gasteiger partial charge >= 0.3 is 0 Å². The first-order chi connectivity index (χ1) is 12.7. The summed E-state index contributed by atoms with van der Waals surface area (Å²) in [7, 11) is -2.16. The van der Waals surface area contributed by atoms with Crippen molar-refractivity contribution in [2.75, 3.05) is 25.5 Å². The van der Waals surface area contributed by atoms with Gasteiger partial charge in [0.05, 0.1) is 17.7 Å². The number of aryl methyl sites for hydroxylation is 2. The third kappa shape index (κ3) is 4.67. The van der Waals surface area contributed by atoms with Gasteiger partial charge in [0.1, 0.15) is 5.75 Å². The Bertz CT molecular complexity index is 915. The highest BCUT2D eigenvalue weighted by Crippen LogP contribution is 2.29. The second-order valence-corrected chi connectivity index (χ2v) is 8.22. The third-order valence-electron chi connectivity index (χ3n) is 4.25. The molecule has 2 rings (SSSR count). The lowest BCUT2D eigenvalue weighted by Crippen LogP contribution is -2.30. The van der Waals surface area contributed by atoms with E-state index in [1.165, 1.54) is 23.5 Å². The largest absolute Gasteiger partial charge is 0.495 e. The third-order valence-corrected chi connectivity index (χ3v) is 6.29. The van der Waals surface area contributed by atoms with Gasteiger partial charge in [-0.25, -0.2) is 8.42 Å². The van der Waals surface area contributed by atoms with Gasteiger partial charge in [0.2, 0.25) is 10.0 Å². The van der Waals surface area contributed by atoms with E-state index in [-0.39, 0.29) is 10.8 Å². The van der Waals surface area contributed by atoms with E-state index in [1.54, 1.807) is 32.0 Å². The van der Waals surface area contributed by atoms with E-state index in [1.807, 2.05) is 19.9 Å². The molecular formula is C20H26N2O4S. The second-order valence-electron chi connectivity index (χ2n) is 6.28. The summed E-state index contributed by atoms with van der Waals surface area (Å²) in [6, 6.07) is 10.0. The number of carbonyl (C=O) groups excluding carboxylic acids is 1. The van der Waals surface area contributed by atoms with Gasteiger partial charge in [-0.1, -0.05) is 31.0 Å². The van der Waals surface area contributed by atoms with Crippen LogP contribution < -0.4 is 10.1 Å². The van der Waals surface area contributed by atoms with Crippen LogP contribution in [0.15, 0.2) is 41.3 Å². The quantitative estimate of drug-likeness (QED) is 0.784. The highest BCUT2D eigenvalue weighted by Gasteiger charge is 2.23. The summed E-state index contributed by atoms with van der Waals surface area (Å²) >= 11 is 0. The van der Waals surface area contributed by atoms with Crippen LogP contribution in [0, 0.1) is 13.8 Å². The van der Waals surface area contributed by atoms with Gasteiger partial charge in [-0.3, -0.25) is 4.79 Å². The lowest BCUT2D eigenvalue weighted by Gasteiger charge is -2.19. The fourth-order valence-electron chi connectivity index (χ4n) is 2.96. The molecule has 0 heterocycles. The predicted molar refractivity (Wildman–Crippen MR) is 107 cm³/mol. The normalized spacial score (nSPS) is 11.5. The number of anilines is 1. The molecule has 2 aromatic rings. The number of carbonyl (C=O) groups is 1. The zero-order chi connectivity index (χ0) is 20.2. The molecule has 146 valence electrons. The Morgan fingerprint density at radius 1 is 1.04 bits per heavy atom. The number of benzene rings is 2. The van der Waals surface area contributed by atoms with Crippen molar-refractivity contribution < 1.29 is 17.9 Å². The monoisotopic (exact) mass is 390 g/mol. The number of amides is 1. The van der Waals surface area contributed by atoms with Gasteiger partial charge in [-0.05, 0) is 44.2 Å². The maximum atomic E-state index is 12.8. The minimum absolute atomic E-state index is 0.114. The first-order valence-electron chi connectivity index (χ1n) is 8.80. The fraction of sp³-hybridized carbons (Fsp3) is 0.350. The van der Waals surface area contributed by atoms with Crippen molar-refractivity contribution in [1.29, 1.82) is 0 Å². The maximum Gasteiger partial charge on any atom is 0.255 e. The molecule has 2 aromatic carbocycles. The molecule has 0 bridgehead atoms. The number of methoxy groups -OCH3 is 1. The fourth-order valence-corrected chi connectivity index (χ4v) is 4.44. The topological polar surface area (TPSA) is 75.7 Å². The average Bonchev–Trinajstić information content (AvgIpc) is 2.61. The van der Waals surface area contributed by atoms with Crippen LogP contribution in [0.4, 0.5) is 5.69 Å². The Balaban J connectivity index is 2.42. The molecule has 0 spiro atoms. The molecule has 1 amide bonds. The van der Waals surface area contributed by atoms with E-state index in [9.17, 15) is 13.2 Å². The minimum Gasteiger partial charge on any atom is -0.495 e. The molecule has 1 N–H and O–H groups in total. The molecule has 0 unspecified atom stereocenters. The Labute approximate surface area is 161 Å². The molecule has 0 aliphatic rings. The molecular weight excluding hydrogens is 364 g/mol. The molecule has 0 radical (unpaired) electrons. The molecule has 0 saturated carbocycles. The van der Waals surface area contributed by atoms with Crippen molar-refractivity contribution >= 4 is 21.6 Å². The minimum atomic E-state index is -3.64. The molecule has 0 fully saturated rings. The van der Waals surface area contributed by atoms with Crippen LogP contribution in [0.5, 0.6) is 5.75 Å². The molecule has 0 aliphatic heterocycles. The second kappa shape index (κ2) is 8.54.